The molecule has 0 saturated heterocycles. The Balaban J connectivity index is 3.42. The van der Waals surface area contributed by atoms with Crippen molar-refractivity contribution in [2.24, 2.45) is 0 Å². The summed E-state index contributed by atoms with van der Waals surface area (Å²) in [4.78, 5) is 10.8. The molecule has 0 spiro atoms. The van der Waals surface area contributed by atoms with Crippen LogP contribution in [0.15, 0.2) is 23.1 Å². The van der Waals surface area contributed by atoms with Crippen LogP contribution >= 0.6 is 0 Å². The number of aromatic nitrogens is 1. The maximum absolute atomic E-state index is 10.8. The molecule has 0 saturated carbocycles. The molecule has 0 radical (unpaired) electrons. The molecule has 52 valence electrons. The zero-order valence-electron chi connectivity index (χ0n) is 5.11. The van der Waals surface area contributed by atoms with Crippen molar-refractivity contribution in [1.29, 1.82) is 5.41 Å². The van der Waals surface area contributed by atoms with E-state index >= 15 is 0 Å². The van der Waals surface area contributed by atoms with Gasteiger partial charge in [-0.1, -0.05) is 0 Å². The molecule has 0 aliphatic carbocycles. The molecule has 2 N–H and O–H groups in total. The Morgan fingerprint density at radius 1 is 1.70 bits per heavy atom. The van der Waals surface area contributed by atoms with Crippen LogP contribution in [0.4, 0.5) is 0 Å². The van der Waals surface area contributed by atoms with E-state index in [9.17, 15) is 4.79 Å². The van der Waals surface area contributed by atoms with Gasteiger partial charge in [0.2, 0.25) is 0 Å². The van der Waals surface area contributed by atoms with Crippen molar-refractivity contribution in [3.8, 4) is 0 Å². The van der Waals surface area contributed by atoms with Gasteiger partial charge in [0, 0.05) is 12.4 Å². The van der Waals surface area contributed by atoms with Crippen LogP contribution in [0.1, 0.15) is 5.56 Å². The van der Waals surface area contributed by atoms with E-state index in [-0.39, 0.29) is 5.56 Å². The van der Waals surface area contributed by atoms with Crippen LogP contribution in [0, 0.1) is 5.41 Å². The first-order valence-electron chi connectivity index (χ1n) is 2.67. The van der Waals surface area contributed by atoms with Gasteiger partial charge in [0.05, 0.1) is 5.56 Å². The van der Waals surface area contributed by atoms with Crippen molar-refractivity contribution < 1.29 is 5.21 Å². The Labute approximate surface area is 56.8 Å². The third kappa shape index (κ3) is 0.907. The topological polar surface area (TPSA) is 66.1 Å². The van der Waals surface area contributed by atoms with E-state index < -0.39 is 5.56 Å². The molecule has 1 rings (SSSR count). The third-order valence-corrected chi connectivity index (χ3v) is 1.11. The molecule has 0 atom stereocenters. The summed E-state index contributed by atoms with van der Waals surface area (Å²) in [6, 6.07) is 2.95. The van der Waals surface area contributed by atoms with Crippen LogP contribution in [0.5, 0.6) is 0 Å². The van der Waals surface area contributed by atoms with Gasteiger partial charge >= 0.3 is 0 Å². The smallest absolute Gasteiger partial charge is 0.291 e. The number of rotatable bonds is 1. The number of hydrogen-bond acceptors (Lipinski definition) is 3. The lowest BCUT2D eigenvalue weighted by Gasteiger charge is -1.93. The van der Waals surface area contributed by atoms with Crippen LogP contribution in [0.3, 0.4) is 0 Å². The molecule has 0 bridgehead atoms. The summed E-state index contributed by atoms with van der Waals surface area (Å²) in [5.41, 5.74) is -0.400. The predicted molar refractivity (Wildman–Crippen MR) is 35.8 cm³/mol. The summed E-state index contributed by atoms with van der Waals surface area (Å²) >= 11 is 0. The van der Waals surface area contributed by atoms with Crippen molar-refractivity contribution in [3.05, 3.63) is 34.2 Å². The Bertz CT molecular complexity index is 303. The lowest BCUT2D eigenvalue weighted by molar-refractivity contribution is 0.174. The molecule has 0 aromatic carbocycles. The number of nitrogens with one attached hydrogen (secondary N) is 1. The minimum absolute atomic E-state index is 0.171. The lowest BCUT2D eigenvalue weighted by atomic mass is 10.3. The van der Waals surface area contributed by atoms with Gasteiger partial charge in [0.25, 0.3) is 5.56 Å². The van der Waals surface area contributed by atoms with E-state index in [1.807, 2.05) is 0 Å². The number of hydrogen-bond donors (Lipinski definition) is 2. The van der Waals surface area contributed by atoms with Crippen LogP contribution in [0.25, 0.3) is 0 Å². The van der Waals surface area contributed by atoms with Gasteiger partial charge in [-0.3, -0.25) is 4.79 Å². The molecular formula is C6H6N2O2. The van der Waals surface area contributed by atoms with Crippen LogP contribution < -0.4 is 5.56 Å². The molecule has 0 unspecified atom stereocenters. The average molecular weight is 138 g/mol. The van der Waals surface area contributed by atoms with E-state index in [1.165, 1.54) is 18.3 Å². The molecule has 0 amide bonds. The second-order valence-electron chi connectivity index (χ2n) is 1.76. The van der Waals surface area contributed by atoms with Crippen LogP contribution in [-0.2, 0) is 0 Å². The summed E-state index contributed by atoms with van der Waals surface area (Å²) in [7, 11) is 0. The van der Waals surface area contributed by atoms with Crippen LogP contribution in [-0.4, -0.2) is 16.2 Å². The van der Waals surface area contributed by atoms with E-state index in [0.717, 1.165) is 6.21 Å². The van der Waals surface area contributed by atoms with E-state index in [1.54, 1.807) is 0 Å². The van der Waals surface area contributed by atoms with Crippen molar-refractivity contribution in [2.45, 2.75) is 0 Å². The second kappa shape index (κ2) is 2.34. The normalized spacial score (nSPS) is 9.20. The summed E-state index contributed by atoms with van der Waals surface area (Å²) in [5.74, 6) is 0. The highest BCUT2D eigenvalue weighted by Crippen LogP contribution is 1.83. The molecular weight excluding hydrogens is 132 g/mol. The minimum atomic E-state index is -0.572. The van der Waals surface area contributed by atoms with Gasteiger partial charge in [-0.05, 0) is 12.1 Å². The molecule has 1 aromatic rings. The van der Waals surface area contributed by atoms with E-state index in [2.05, 4.69) is 0 Å². The maximum atomic E-state index is 10.8. The monoisotopic (exact) mass is 138 g/mol. The molecule has 4 nitrogen and oxygen atoms in total. The van der Waals surface area contributed by atoms with Gasteiger partial charge < -0.3 is 10.6 Å². The first kappa shape index (κ1) is 6.54. The predicted octanol–water partition coefficient (Wildman–Crippen LogP) is 0.0833. The molecule has 0 aliphatic rings. The highest BCUT2D eigenvalue weighted by molar-refractivity contribution is 5.75. The Kier molecular flexibility index (Phi) is 1.53. The van der Waals surface area contributed by atoms with Crippen molar-refractivity contribution in [2.75, 3.05) is 0 Å². The Morgan fingerprint density at radius 3 is 2.90 bits per heavy atom. The average Bonchev–Trinajstić information content (AvgIpc) is 1.95. The highest BCUT2D eigenvalue weighted by atomic mass is 16.5. The molecule has 0 aliphatic heterocycles. The van der Waals surface area contributed by atoms with Crippen LogP contribution in [0.2, 0.25) is 0 Å². The molecule has 0 fully saturated rings. The van der Waals surface area contributed by atoms with Gasteiger partial charge in [-0.2, -0.15) is 4.73 Å². The van der Waals surface area contributed by atoms with Gasteiger partial charge in [0.15, 0.2) is 0 Å². The van der Waals surface area contributed by atoms with E-state index in [0.29, 0.717) is 4.73 Å². The van der Waals surface area contributed by atoms with Crippen molar-refractivity contribution >= 4 is 6.21 Å². The summed E-state index contributed by atoms with van der Waals surface area (Å²) < 4.78 is 0.445. The third-order valence-electron chi connectivity index (χ3n) is 1.11. The lowest BCUT2D eigenvalue weighted by Crippen LogP contribution is -2.20. The first-order valence-corrected chi connectivity index (χ1v) is 2.67. The van der Waals surface area contributed by atoms with Gasteiger partial charge in [0.1, 0.15) is 0 Å². The Morgan fingerprint density at radius 2 is 2.40 bits per heavy atom. The second-order valence-corrected chi connectivity index (χ2v) is 1.76. The first-order chi connectivity index (χ1) is 4.75. The Hall–Kier alpha value is -1.58. The standard InChI is InChI=1S/C6H6N2O2/c7-4-5-2-1-3-8(10)6(5)9/h1-4,7,10H. The maximum Gasteiger partial charge on any atom is 0.291 e. The van der Waals surface area contributed by atoms with Crippen molar-refractivity contribution in [3.63, 3.8) is 0 Å². The zero-order chi connectivity index (χ0) is 7.56. The zero-order valence-corrected chi connectivity index (χ0v) is 5.11. The molecule has 1 aromatic heterocycles. The minimum Gasteiger partial charge on any atom is -0.425 e. The molecule has 4 heteroatoms. The fraction of sp³-hybridized carbons (Fsp3) is 0. The molecule has 10 heavy (non-hydrogen) atoms. The van der Waals surface area contributed by atoms with Crippen molar-refractivity contribution in [1.82, 2.24) is 4.73 Å². The highest BCUT2D eigenvalue weighted by Gasteiger charge is 1.95. The number of nitrogens with zero attached hydrogens (tertiary/aromatic N) is 1. The summed E-state index contributed by atoms with van der Waals surface area (Å²) in [6.45, 7) is 0. The summed E-state index contributed by atoms with van der Waals surface area (Å²) in [6.07, 6.45) is 2.12. The van der Waals surface area contributed by atoms with E-state index in [4.69, 9.17) is 10.6 Å². The fourth-order valence-electron chi connectivity index (χ4n) is 0.609. The number of pyridine rings is 1. The largest absolute Gasteiger partial charge is 0.425 e. The fourth-order valence-corrected chi connectivity index (χ4v) is 0.609. The van der Waals surface area contributed by atoms with Gasteiger partial charge in [-0.25, -0.2) is 0 Å². The molecule has 1 heterocycles. The summed E-state index contributed by atoms with van der Waals surface area (Å²) in [5, 5.41) is 15.5. The quantitative estimate of drug-likeness (QED) is 0.426. The van der Waals surface area contributed by atoms with Gasteiger partial charge in [-0.15, -0.1) is 0 Å². The SMILES string of the molecule is N=Cc1cccn(O)c1=O.